The molecule has 0 bridgehead atoms. The lowest BCUT2D eigenvalue weighted by atomic mass is 10.1. The number of aliphatic hydroxyl groups excluding tert-OH is 1. The van der Waals surface area contributed by atoms with Crippen LogP contribution in [0.25, 0.3) is 0 Å². The van der Waals surface area contributed by atoms with E-state index in [1.54, 1.807) is 18.4 Å². The van der Waals surface area contributed by atoms with Crippen LogP contribution in [0.2, 0.25) is 0 Å². The van der Waals surface area contributed by atoms with Gasteiger partial charge in [-0.15, -0.1) is 11.3 Å². The van der Waals surface area contributed by atoms with Crippen molar-refractivity contribution in [2.75, 3.05) is 27.2 Å². The molecule has 0 aliphatic heterocycles. The topological polar surface area (TPSA) is 32.7 Å². The van der Waals surface area contributed by atoms with Gasteiger partial charge in [-0.25, -0.2) is 0 Å². The molecule has 1 aromatic carbocycles. The fraction of sp³-hybridized carbons (Fsp3) is 0.375. The van der Waals surface area contributed by atoms with E-state index in [0.717, 1.165) is 24.3 Å². The van der Waals surface area contributed by atoms with Crippen LogP contribution in [0, 0.1) is 0 Å². The van der Waals surface area contributed by atoms with Crippen LogP contribution in [0.3, 0.4) is 0 Å². The third-order valence-electron chi connectivity index (χ3n) is 3.28. The zero-order valence-corrected chi connectivity index (χ0v) is 12.8. The molecule has 1 aromatic heterocycles. The summed E-state index contributed by atoms with van der Waals surface area (Å²) in [7, 11) is 3.68. The van der Waals surface area contributed by atoms with E-state index in [1.165, 1.54) is 4.88 Å². The van der Waals surface area contributed by atoms with Crippen molar-refractivity contribution in [2.24, 2.45) is 0 Å². The molecule has 3 nitrogen and oxygen atoms in total. The monoisotopic (exact) mass is 291 g/mol. The third kappa shape index (κ3) is 4.34. The molecule has 2 rings (SSSR count). The summed E-state index contributed by atoms with van der Waals surface area (Å²) in [5.74, 6) is 0.780. The van der Waals surface area contributed by atoms with Crippen molar-refractivity contribution in [3.8, 4) is 5.75 Å². The van der Waals surface area contributed by atoms with Gasteiger partial charge in [0.05, 0.1) is 13.2 Å². The molecule has 0 amide bonds. The summed E-state index contributed by atoms with van der Waals surface area (Å²) in [5, 5.41) is 12.4. The van der Waals surface area contributed by atoms with Crippen LogP contribution in [-0.4, -0.2) is 37.3 Å². The first-order valence-corrected chi connectivity index (χ1v) is 7.60. The molecule has 1 unspecified atom stereocenters. The Bertz CT molecular complexity index is 513. The highest BCUT2D eigenvalue weighted by Crippen LogP contribution is 2.19. The Kier molecular flexibility index (Phi) is 5.59. The number of rotatable bonds is 7. The van der Waals surface area contributed by atoms with E-state index in [0.29, 0.717) is 6.54 Å². The standard InChI is InChI=1S/C16H21NO2S/c1-17(9-8-15-7-4-10-20-15)12-16(18)13-5-3-6-14(11-13)19-2/h3-7,10-11,16,18H,8-9,12H2,1-2H3. The Morgan fingerprint density at radius 3 is 2.85 bits per heavy atom. The molecule has 0 fully saturated rings. The van der Waals surface area contributed by atoms with Crippen molar-refractivity contribution in [1.29, 1.82) is 0 Å². The molecule has 0 saturated carbocycles. The predicted octanol–water partition coefficient (Wildman–Crippen LogP) is 2.96. The van der Waals surface area contributed by atoms with Crippen LogP contribution >= 0.6 is 11.3 Å². The maximum absolute atomic E-state index is 10.3. The van der Waals surface area contributed by atoms with Crippen molar-refractivity contribution in [3.63, 3.8) is 0 Å². The van der Waals surface area contributed by atoms with Crippen LogP contribution in [0.5, 0.6) is 5.75 Å². The van der Waals surface area contributed by atoms with Crippen LogP contribution < -0.4 is 4.74 Å². The molecule has 1 N–H and O–H groups in total. The highest BCUT2D eigenvalue weighted by molar-refractivity contribution is 7.09. The van der Waals surface area contributed by atoms with Gasteiger partial charge in [0.15, 0.2) is 0 Å². The lowest BCUT2D eigenvalue weighted by Crippen LogP contribution is -2.26. The number of benzene rings is 1. The van der Waals surface area contributed by atoms with Gasteiger partial charge in [0.2, 0.25) is 0 Å². The molecule has 4 heteroatoms. The first-order chi connectivity index (χ1) is 9.69. The fourth-order valence-corrected chi connectivity index (χ4v) is 2.79. The smallest absolute Gasteiger partial charge is 0.119 e. The van der Waals surface area contributed by atoms with Crippen molar-refractivity contribution in [3.05, 3.63) is 52.2 Å². The van der Waals surface area contributed by atoms with Crippen molar-refractivity contribution >= 4 is 11.3 Å². The van der Waals surface area contributed by atoms with E-state index in [2.05, 4.69) is 22.4 Å². The molecule has 1 atom stereocenters. The van der Waals surface area contributed by atoms with Crippen LogP contribution in [0.4, 0.5) is 0 Å². The molecule has 0 aliphatic carbocycles. The number of hydrogen-bond donors (Lipinski definition) is 1. The SMILES string of the molecule is COc1cccc(C(O)CN(C)CCc2cccs2)c1. The average Bonchev–Trinajstić information content (AvgIpc) is 2.98. The number of likely N-dealkylation sites (N-methyl/N-ethyl adjacent to an activating group) is 1. The molecule has 0 aliphatic rings. The minimum Gasteiger partial charge on any atom is -0.497 e. The summed E-state index contributed by atoms with van der Waals surface area (Å²) in [5.41, 5.74) is 0.896. The summed E-state index contributed by atoms with van der Waals surface area (Å²) < 4.78 is 5.18. The Balaban J connectivity index is 1.84. The fourth-order valence-electron chi connectivity index (χ4n) is 2.10. The van der Waals surface area contributed by atoms with Gasteiger partial charge in [0, 0.05) is 18.0 Å². The third-order valence-corrected chi connectivity index (χ3v) is 4.22. The van der Waals surface area contributed by atoms with Gasteiger partial charge in [0.25, 0.3) is 0 Å². The molecule has 1 heterocycles. The Hall–Kier alpha value is -1.36. The van der Waals surface area contributed by atoms with E-state index in [4.69, 9.17) is 4.74 Å². The maximum Gasteiger partial charge on any atom is 0.119 e. The van der Waals surface area contributed by atoms with E-state index >= 15 is 0 Å². The summed E-state index contributed by atoms with van der Waals surface area (Å²) in [6, 6.07) is 11.8. The minimum atomic E-state index is -0.488. The Morgan fingerprint density at radius 2 is 2.15 bits per heavy atom. The number of ether oxygens (including phenoxy) is 1. The molecular weight excluding hydrogens is 270 g/mol. The molecule has 108 valence electrons. The second kappa shape index (κ2) is 7.43. The Morgan fingerprint density at radius 1 is 1.30 bits per heavy atom. The summed E-state index contributed by atoms with van der Waals surface area (Å²) in [6.45, 7) is 1.57. The quantitative estimate of drug-likeness (QED) is 0.851. The molecule has 0 spiro atoms. The van der Waals surface area contributed by atoms with E-state index in [9.17, 15) is 5.11 Å². The van der Waals surface area contributed by atoms with Crippen LogP contribution in [-0.2, 0) is 6.42 Å². The number of hydrogen-bond acceptors (Lipinski definition) is 4. The van der Waals surface area contributed by atoms with Gasteiger partial charge in [-0.2, -0.15) is 0 Å². The largest absolute Gasteiger partial charge is 0.497 e. The average molecular weight is 291 g/mol. The van der Waals surface area contributed by atoms with E-state index in [-0.39, 0.29) is 0 Å². The summed E-state index contributed by atoms with van der Waals surface area (Å²) in [6.07, 6.45) is 0.539. The first-order valence-electron chi connectivity index (χ1n) is 6.72. The highest BCUT2D eigenvalue weighted by Gasteiger charge is 2.11. The molecule has 20 heavy (non-hydrogen) atoms. The first kappa shape index (κ1) is 15.0. The molecule has 0 radical (unpaired) electrons. The van der Waals surface area contributed by atoms with Crippen molar-refractivity contribution in [1.82, 2.24) is 4.90 Å². The zero-order valence-electron chi connectivity index (χ0n) is 12.0. The normalized spacial score (nSPS) is 12.6. The Labute approximate surface area is 124 Å². The molecule has 0 saturated heterocycles. The maximum atomic E-state index is 10.3. The van der Waals surface area contributed by atoms with E-state index in [1.807, 2.05) is 31.3 Å². The van der Waals surface area contributed by atoms with Crippen LogP contribution in [0.15, 0.2) is 41.8 Å². The highest BCUT2D eigenvalue weighted by atomic mass is 32.1. The lowest BCUT2D eigenvalue weighted by Gasteiger charge is -2.20. The summed E-state index contributed by atoms with van der Waals surface area (Å²) >= 11 is 1.78. The van der Waals surface area contributed by atoms with E-state index < -0.39 is 6.10 Å². The van der Waals surface area contributed by atoms with Gasteiger partial charge in [-0.3, -0.25) is 0 Å². The molecular formula is C16H21NO2S. The summed E-state index contributed by atoms with van der Waals surface area (Å²) in [4.78, 5) is 3.54. The minimum absolute atomic E-state index is 0.488. The van der Waals surface area contributed by atoms with Crippen molar-refractivity contribution in [2.45, 2.75) is 12.5 Å². The predicted molar refractivity (Wildman–Crippen MR) is 83.5 cm³/mol. The van der Waals surface area contributed by atoms with Gasteiger partial charge in [0.1, 0.15) is 5.75 Å². The number of methoxy groups -OCH3 is 1. The van der Waals surface area contributed by atoms with Crippen molar-refractivity contribution < 1.29 is 9.84 Å². The second-order valence-electron chi connectivity index (χ2n) is 4.88. The number of thiophene rings is 1. The van der Waals surface area contributed by atoms with Gasteiger partial charge in [-0.1, -0.05) is 18.2 Å². The molecule has 2 aromatic rings. The van der Waals surface area contributed by atoms with Gasteiger partial charge >= 0.3 is 0 Å². The zero-order chi connectivity index (χ0) is 14.4. The van der Waals surface area contributed by atoms with Gasteiger partial charge in [-0.05, 0) is 42.6 Å². The number of aliphatic hydroxyl groups is 1. The lowest BCUT2D eigenvalue weighted by molar-refractivity contribution is 0.127. The number of nitrogens with zero attached hydrogens (tertiary/aromatic N) is 1. The van der Waals surface area contributed by atoms with Crippen LogP contribution in [0.1, 0.15) is 16.5 Å². The van der Waals surface area contributed by atoms with Gasteiger partial charge < -0.3 is 14.7 Å². The second-order valence-corrected chi connectivity index (χ2v) is 5.92.